The second-order valence-corrected chi connectivity index (χ2v) is 11.8. The van der Waals surface area contributed by atoms with Gasteiger partial charge in [0.05, 0.1) is 6.61 Å². The molecule has 0 heterocycles. The maximum absolute atomic E-state index is 13.1. The van der Waals surface area contributed by atoms with E-state index in [9.17, 15) is 9.90 Å². The van der Waals surface area contributed by atoms with E-state index in [1.165, 1.54) is 38.5 Å². The van der Waals surface area contributed by atoms with Gasteiger partial charge in [0.15, 0.2) is 5.78 Å². The molecule has 0 fully saturated rings. The van der Waals surface area contributed by atoms with E-state index < -0.39 is 0 Å². The predicted octanol–water partition coefficient (Wildman–Crippen LogP) is 9.89. The first-order chi connectivity index (χ1) is 21.4. The molecule has 1 N–H and O–H groups in total. The summed E-state index contributed by atoms with van der Waals surface area (Å²) in [6.45, 7) is 5.88. The van der Waals surface area contributed by atoms with Crippen LogP contribution in [0.1, 0.15) is 92.3 Å². The Hall–Kier alpha value is -4.09. The van der Waals surface area contributed by atoms with Gasteiger partial charge in [-0.15, -0.1) is 0 Å². The van der Waals surface area contributed by atoms with E-state index in [-0.39, 0.29) is 16.9 Å². The number of benzene rings is 4. The second kappa shape index (κ2) is 16.7. The van der Waals surface area contributed by atoms with Gasteiger partial charge in [0, 0.05) is 30.3 Å². The summed E-state index contributed by atoms with van der Waals surface area (Å²) in [5, 5.41) is 9.62. The van der Waals surface area contributed by atoms with Crippen LogP contribution in [0.4, 0.5) is 0 Å². The molecule has 4 rings (SSSR count). The Morgan fingerprint density at radius 3 is 1.48 bits per heavy atom. The van der Waals surface area contributed by atoms with Crippen LogP contribution in [0.3, 0.4) is 0 Å². The molecule has 232 valence electrons. The fourth-order valence-electron chi connectivity index (χ4n) is 5.26. The molecule has 5 nitrogen and oxygen atoms in total. The minimum atomic E-state index is -0.220. The van der Waals surface area contributed by atoms with Crippen molar-refractivity contribution >= 4 is 5.78 Å². The second-order valence-electron chi connectivity index (χ2n) is 11.8. The van der Waals surface area contributed by atoms with Crippen molar-refractivity contribution < 1.29 is 24.1 Å². The third kappa shape index (κ3) is 9.72. The van der Waals surface area contributed by atoms with Crippen molar-refractivity contribution in [1.82, 2.24) is 0 Å². The summed E-state index contributed by atoms with van der Waals surface area (Å²) in [4.78, 5) is 13.1. The van der Waals surface area contributed by atoms with Gasteiger partial charge in [0.2, 0.25) is 0 Å². The average molecular weight is 595 g/mol. The standard InChI is InChI=1S/C39H46O5/c1-39(2,32-16-20-34(40)21-17-32)33-18-26-37(27-19-33)44-36-24-14-31(15-25-36)38(41)30-12-22-35(23-13-30)43-29-11-9-7-5-4-6-8-10-28-42-3/h12-27,40H,4-11,28-29H2,1-3H3. The van der Waals surface area contributed by atoms with Crippen LogP contribution >= 0.6 is 0 Å². The number of rotatable bonds is 18. The zero-order valence-corrected chi connectivity index (χ0v) is 26.4. The topological polar surface area (TPSA) is 65.0 Å². The van der Waals surface area contributed by atoms with Crippen molar-refractivity contribution in [2.45, 2.75) is 70.6 Å². The Labute approximate surface area is 262 Å². The number of aromatic hydroxyl groups is 1. The number of ether oxygens (including phenoxy) is 3. The zero-order chi connectivity index (χ0) is 31.2. The van der Waals surface area contributed by atoms with E-state index in [4.69, 9.17) is 14.2 Å². The van der Waals surface area contributed by atoms with Gasteiger partial charge in [-0.2, -0.15) is 0 Å². The fraction of sp³-hybridized carbons (Fsp3) is 0.359. The van der Waals surface area contributed by atoms with Gasteiger partial charge in [-0.05, 0) is 96.8 Å². The molecule has 0 radical (unpaired) electrons. The summed E-state index contributed by atoms with van der Waals surface area (Å²) in [6.07, 6.45) is 9.76. The normalized spacial score (nSPS) is 11.3. The largest absolute Gasteiger partial charge is 0.508 e. The van der Waals surface area contributed by atoms with Crippen LogP contribution in [0.5, 0.6) is 23.0 Å². The molecule has 5 heteroatoms. The molecular weight excluding hydrogens is 548 g/mol. The lowest BCUT2D eigenvalue weighted by Crippen LogP contribution is -2.18. The van der Waals surface area contributed by atoms with Crippen molar-refractivity contribution in [3.8, 4) is 23.0 Å². The Morgan fingerprint density at radius 1 is 0.568 bits per heavy atom. The first kappa shape index (κ1) is 32.8. The Kier molecular flexibility index (Phi) is 12.4. The number of unbranched alkanes of at least 4 members (excludes halogenated alkanes) is 7. The Morgan fingerprint density at radius 2 is 0.977 bits per heavy atom. The lowest BCUT2D eigenvalue weighted by Gasteiger charge is -2.26. The number of hydrogen-bond acceptors (Lipinski definition) is 5. The van der Waals surface area contributed by atoms with Crippen molar-refractivity contribution in [2.75, 3.05) is 20.3 Å². The summed E-state index contributed by atoms with van der Waals surface area (Å²) in [7, 11) is 1.76. The molecule has 0 unspecified atom stereocenters. The summed E-state index contributed by atoms with van der Waals surface area (Å²) in [6, 6.07) is 30.0. The zero-order valence-electron chi connectivity index (χ0n) is 26.4. The SMILES string of the molecule is COCCCCCCCCCCOc1ccc(C(=O)c2ccc(Oc3ccc(C(C)(C)c4ccc(O)cc4)cc3)cc2)cc1. The highest BCUT2D eigenvalue weighted by Gasteiger charge is 2.23. The quantitative estimate of drug-likeness (QED) is 0.0917. The maximum atomic E-state index is 13.1. The number of hydrogen-bond donors (Lipinski definition) is 1. The van der Waals surface area contributed by atoms with E-state index in [1.807, 2.05) is 60.7 Å². The molecule has 0 atom stereocenters. The molecule has 0 spiro atoms. The molecule has 0 amide bonds. The predicted molar refractivity (Wildman–Crippen MR) is 177 cm³/mol. The van der Waals surface area contributed by atoms with E-state index >= 15 is 0 Å². The van der Waals surface area contributed by atoms with Gasteiger partial charge >= 0.3 is 0 Å². The Balaban J connectivity index is 1.20. The number of carbonyl (C=O) groups is 1. The van der Waals surface area contributed by atoms with Crippen LogP contribution in [0.15, 0.2) is 97.1 Å². The minimum Gasteiger partial charge on any atom is -0.508 e. The van der Waals surface area contributed by atoms with Gasteiger partial charge < -0.3 is 19.3 Å². The molecule has 0 aliphatic heterocycles. The molecule has 4 aromatic carbocycles. The summed E-state index contributed by atoms with van der Waals surface area (Å²) in [5.74, 6) is 2.40. The maximum Gasteiger partial charge on any atom is 0.193 e. The first-order valence-corrected chi connectivity index (χ1v) is 15.8. The third-order valence-corrected chi connectivity index (χ3v) is 8.15. The monoisotopic (exact) mass is 594 g/mol. The number of carbonyl (C=O) groups excluding carboxylic acids is 1. The third-order valence-electron chi connectivity index (χ3n) is 8.15. The number of ketones is 1. The molecule has 4 aromatic rings. The van der Waals surface area contributed by atoms with Crippen LogP contribution in [0.25, 0.3) is 0 Å². The van der Waals surface area contributed by atoms with Gasteiger partial charge in [0.1, 0.15) is 23.0 Å². The molecule has 0 aromatic heterocycles. The van der Waals surface area contributed by atoms with E-state index in [2.05, 4.69) is 26.0 Å². The van der Waals surface area contributed by atoms with Gasteiger partial charge in [-0.1, -0.05) is 76.6 Å². The minimum absolute atomic E-state index is 0.0360. The molecule has 0 saturated carbocycles. The van der Waals surface area contributed by atoms with Crippen molar-refractivity contribution in [1.29, 1.82) is 0 Å². The van der Waals surface area contributed by atoms with Crippen molar-refractivity contribution in [2.24, 2.45) is 0 Å². The van der Waals surface area contributed by atoms with E-state index in [0.717, 1.165) is 42.1 Å². The number of phenolic OH excluding ortho intramolecular Hbond substituents is 1. The number of methoxy groups -OCH3 is 1. The van der Waals surface area contributed by atoms with Gasteiger partial charge in [-0.3, -0.25) is 4.79 Å². The average Bonchev–Trinajstić information content (AvgIpc) is 3.04. The van der Waals surface area contributed by atoms with Crippen LogP contribution in [-0.2, 0) is 10.2 Å². The first-order valence-electron chi connectivity index (χ1n) is 15.8. The summed E-state index contributed by atoms with van der Waals surface area (Å²) in [5.41, 5.74) is 3.28. The highest BCUT2D eigenvalue weighted by Crippen LogP contribution is 2.34. The lowest BCUT2D eigenvalue weighted by atomic mass is 9.78. The molecule has 44 heavy (non-hydrogen) atoms. The highest BCUT2D eigenvalue weighted by atomic mass is 16.5. The highest BCUT2D eigenvalue weighted by molar-refractivity contribution is 6.09. The lowest BCUT2D eigenvalue weighted by molar-refractivity contribution is 0.103. The summed E-state index contributed by atoms with van der Waals surface area (Å²) >= 11 is 0. The van der Waals surface area contributed by atoms with Crippen LogP contribution in [0, 0.1) is 0 Å². The van der Waals surface area contributed by atoms with Crippen LogP contribution < -0.4 is 9.47 Å². The molecule has 0 bridgehead atoms. The Bertz CT molecular complexity index is 1410. The molecule has 0 saturated heterocycles. The van der Waals surface area contributed by atoms with Gasteiger partial charge in [0.25, 0.3) is 0 Å². The molecular formula is C39H46O5. The van der Waals surface area contributed by atoms with E-state index in [0.29, 0.717) is 23.5 Å². The van der Waals surface area contributed by atoms with Crippen LogP contribution in [-0.4, -0.2) is 31.2 Å². The van der Waals surface area contributed by atoms with Crippen LogP contribution in [0.2, 0.25) is 0 Å². The van der Waals surface area contributed by atoms with Crippen molar-refractivity contribution in [3.63, 3.8) is 0 Å². The molecule has 0 aliphatic rings. The smallest absolute Gasteiger partial charge is 0.193 e. The number of phenols is 1. The molecule has 0 aliphatic carbocycles. The fourth-order valence-corrected chi connectivity index (χ4v) is 5.26. The summed E-state index contributed by atoms with van der Waals surface area (Å²) < 4.78 is 17.0. The van der Waals surface area contributed by atoms with E-state index in [1.54, 1.807) is 31.4 Å². The van der Waals surface area contributed by atoms with Crippen molar-refractivity contribution in [3.05, 3.63) is 119 Å². The van der Waals surface area contributed by atoms with Gasteiger partial charge in [-0.25, -0.2) is 0 Å².